The Morgan fingerprint density at radius 2 is 2.10 bits per heavy atom. The second-order valence-corrected chi connectivity index (χ2v) is 2.15. The van der Waals surface area contributed by atoms with Gasteiger partial charge in [0.25, 0.3) is 1.43 Å². The molecule has 0 amide bonds. The lowest BCUT2D eigenvalue weighted by Gasteiger charge is -1.92. The minimum atomic E-state index is -0.620. The van der Waals surface area contributed by atoms with E-state index in [4.69, 9.17) is 1.43 Å². The first-order valence-electron chi connectivity index (χ1n) is 3.39. The average Bonchev–Trinajstić information content (AvgIpc) is 2.05. The van der Waals surface area contributed by atoms with Crippen molar-refractivity contribution < 1.29 is 9.90 Å². The highest BCUT2D eigenvalue weighted by molar-refractivity contribution is 5.87. The number of aromatic carboxylic acids is 1. The first kappa shape index (κ1) is 5.47. The van der Waals surface area contributed by atoms with Gasteiger partial charge in [0.05, 0.1) is 5.56 Å². The molecule has 0 fully saturated rings. The predicted molar refractivity (Wildman–Crippen MR) is 38.1 cm³/mol. The number of rotatable bonds is 1. The summed E-state index contributed by atoms with van der Waals surface area (Å²) in [5, 5.41) is 3.79. The third-order valence-electron chi connectivity index (χ3n) is 1.29. The molecule has 1 aromatic rings. The van der Waals surface area contributed by atoms with Crippen LogP contribution in [-0.2, 0) is 0 Å². The van der Waals surface area contributed by atoms with E-state index < -0.39 is 5.97 Å². The Morgan fingerprint density at radius 1 is 1.50 bits per heavy atom. The Kier molecular flexibility index (Phi) is 1.38. The zero-order valence-corrected chi connectivity index (χ0v) is 5.63. The lowest BCUT2D eigenvalue weighted by atomic mass is 10.2. The molecule has 1 rings (SSSR count). The summed E-state index contributed by atoms with van der Waals surface area (Å²) in [6, 6.07) is 6.86. The van der Waals surface area contributed by atoms with Crippen LogP contribution in [0.25, 0.3) is 1.43 Å². The van der Waals surface area contributed by atoms with E-state index in [-0.39, 0.29) is 0 Å². The lowest BCUT2D eigenvalue weighted by molar-refractivity contribution is 0.0697. The minimum absolute atomic E-state index is 0.408. The maximum atomic E-state index is 10.7. The fourth-order valence-corrected chi connectivity index (χ4v) is 0.690. The van der Waals surface area contributed by atoms with Crippen molar-refractivity contribution in [2.75, 3.05) is 0 Å². The van der Waals surface area contributed by atoms with Gasteiger partial charge >= 0.3 is 5.97 Å². The summed E-state index contributed by atoms with van der Waals surface area (Å²) in [5.41, 5.74) is 1.48. The lowest BCUT2D eigenvalue weighted by Crippen LogP contribution is -1.94. The average molecular weight is 137 g/mol. The van der Waals surface area contributed by atoms with Gasteiger partial charge in [-0.15, -0.1) is 0 Å². The molecule has 0 heterocycles. The quantitative estimate of drug-likeness (QED) is 0.639. The van der Waals surface area contributed by atoms with Gasteiger partial charge in [0.15, 0.2) is 0 Å². The van der Waals surface area contributed by atoms with E-state index in [1.807, 2.05) is 6.92 Å². The molecular weight excluding hydrogens is 128 g/mol. The van der Waals surface area contributed by atoms with Crippen LogP contribution in [0.2, 0.25) is 0 Å². The van der Waals surface area contributed by atoms with E-state index in [0.717, 1.165) is 5.56 Å². The number of hydrogen-bond donors (Lipinski definition) is 1. The van der Waals surface area contributed by atoms with Crippen molar-refractivity contribution in [2.45, 2.75) is 6.92 Å². The van der Waals surface area contributed by atoms with Crippen molar-refractivity contribution >= 4 is 5.97 Å². The van der Waals surface area contributed by atoms with Crippen LogP contribution in [0.15, 0.2) is 24.3 Å². The van der Waals surface area contributed by atoms with Crippen LogP contribution >= 0.6 is 0 Å². The van der Waals surface area contributed by atoms with Crippen molar-refractivity contribution in [3.63, 3.8) is 0 Å². The maximum absolute atomic E-state index is 10.7. The molecule has 1 N–H and O–H groups in total. The first-order valence-corrected chi connectivity index (χ1v) is 2.98. The molecule has 2 nitrogen and oxygen atoms in total. The van der Waals surface area contributed by atoms with Gasteiger partial charge in [-0.3, -0.25) is 0 Å². The molecule has 0 aromatic heterocycles. The second kappa shape index (κ2) is 2.52. The molecule has 10 heavy (non-hydrogen) atoms. The molecule has 0 radical (unpaired) electrons. The van der Waals surface area contributed by atoms with Crippen molar-refractivity contribution in [1.29, 1.82) is 1.43 Å². The van der Waals surface area contributed by atoms with Crippen molar-refractivity contribution in [3.8, 4) is 0 Å². The van der Waals surface area contributed by atoms with Gasteiger partial charge in [0, 0.05) is 0 Å². The molecule has 0 unspecified atom stereocenters. The fraction of sp³-hybridized carbons (Fsp3) is 0.125. The number of hydrogen-bond acceptors (Lipinski definition) is 2. The zero-order valence-electron chi connectivity index (χ0n) is 6.63. The Bertz CT molecular complexity index is 253. The monoisotopic (exact) mass is 137 g/mol. The van der Waals surface area contributed by atoms with Crippen molar-refractivity contribution in [2.24, 2.45) is 0 Å². The van der Waals surface area contributed by atoms with E-state index >= 15 is 0 Å². The maximum Gasteiger partial charge on any atom is 0.335 e. The predicted octanol–water partition coefficient (Wildman–Crippen LogP) is 1.69. The Labute approximate surface area is 60.6 Å². The molecule has 0 atom stereocenters. The van der Waals surface area contributed by atoms with Gasteiger partial charge in [0.1, 0.15) is 0 Å². The standard InChI is InChI=1S/C8H8O2/c1-6-2-4-7(5-3-6)8(9)10/h2-5H,1H3,(H,9,10)/i/hD. The molecule has 0 aliphatic rings. The number of benzene rings is 1. The van der Waals surface area contributed by atoms with E-state index in [1.165, 1.54) is 0 Å². The summed E-state index contributed by atoms with van der Waals surface area (Å²) in [5.74, 6) is -0.620. The number of aryl methyl sites for hydroxylation is 1. The first-order chi connectivity index (χ1) is 5.24. The number of carbonyl (C=O) groups is 1. The molecule has 0 saturated heterocycles. The van der Waals surface area contributed by atoms with Crippen LogP contribution in [-0.4, -0.2) is 11.1 Å². The zero-order chi connectivity index (χ0) is 8.27. The SMILES string of the molecule is [2H]OC(=O)c1ccc(C)cc1. The van der Waals surface area contributed by atoms with Gasteiger partial charge in [-0.25, -0.2) is 4.79 Å². The smallest absolute Gasteiger partial charge is 0.335 e. The molecule has 0 aliphatic carbocycles. The molecule has 0 aliphatic heterocycles. The number of carboxylic acids is 1. The van der Waals surface area contributed by atoms with Crippen LogP contribution in [0.1, 0.15) is 15.9 Å². The summed E-state index contributed by atoms with van der Waals surface area (Å²) >= 11 is 0. The molecule has 52 valence electrons. The summed E-state index contributed by atoms with van der Waals surface area (Å²) in [7, 11) is 0. The highest BCUT2D eigenvalue weighted by Gasteiger charge is 1.98. The van der Waals surface area contributed by atoms with Gasteiger partial charge in [0.2, 0.25) is 0 Å². The highest BCUT2D eigenvalue weighted by Crippen LogP contribution is 2.01. The van der Waals surface area contributed by atoms with Crippen LogP contribution < -0.4 is 0 Å². The fourth-order valence-electron chi connectivity index (χ4n) is 0.690. The molecule has 1 aromatic carbocycles. The Hall–Kier alpha value is -1.31. The van der Waals surface area contributed by atoms with Crippen molar-refractivity contribution in [3.05, 3.63) is 35.4 Å². The normalized spacial score (nSPS) is 10.3. The van der Waals surface area contributed by atoms with Crippen LogP contribution in [0, 0.1) is 6.92 Å². The van der Waals surface area contributed by atoms with Crippen molar-refractivity contribution in [1.82, 2.24) is 0 Å². The Balaban J connectivity index is 2.90. The van der Waals surface area contributed by atoms with Gasteiger partial charge in [-0.1, -0.05) is 17.7 Å². The van der Waals surface area contributed by atoms with E-state index in [2.05, 4.69) is 5.11 Å². The van der Waals surface area contributed by atoms with E-state index in [1.54, 1.807) is 24.3 Å². The third-order valence-corrected chi connectivity index (χ3v) is 1.29. The number of carboxylic acid groups (broad SMARTS) is 1. The largest absolute Gasteiger partial charge is 0.478 e. The van der Waals surface area contributed by atoms with Gasteiger partial charge in [-0.2, -0.15) is 0 Å². The second-order valence-electron chi connectivity index (χ2n) is 2.15. The van der Waals surface area contributed by atoms with Crippen LogP contribution in [0.4, 0.5) is 0 Å². The van der Waals surface area contributed by atoms with Gasteiger partial charge in [-0.05, 0) is 19.1 Å². The third kappa shape index (κ3) is 1.35. The molecule has 0 bridgehead atoms. The topological polar surface area (TPSA) is 37.3 Å². The highest BCUT2D eigenvalue weighted by atomic mass is 16.4. The summed E-state index contributed by atoms with van der Waals surface area (Å²) in [6.45, 7) is 1.93. The van der Waals surface area contributed by atoms with E-state index in [0.29, 0.717) is 5.56 Å². The molecule has 0 saturated carbocycles. The van der Waals surface area contributed by atoms with Crippen LogP contribution in [0.3, 0.4) is 0 Å². The van der Waals surface area contributed by atoms with E-state index in [9.17, 15) is 4.79 Å². The Morgan fingerprint density at radius 3 is 2.60 bits per heavy atom. The van der Waals surface area contributed by atoms with Gasteiger partial charge < -0.3 is 5.11 Å². The molecular formula is C8H8O2. The summed E-state index contributed by atoms with van der Waals surface area (Å²) in [6.07, 6.45) is 0. The summed E-state index contributed by atoms with van der Waals surface area (Å²) < 4.78 is 6.35. The molecule has 0 spiro atoms. The minimum Gasteiger partial charge on any atom is -0.478 e. The molecule has 2 heteroatoms. The summed E-state index contributed by atoms with van der Waals surface area (Å²) in [4.78, 5) is 10.7. The van der Waals surface area contributed by atoms with Crippen LogP contribution in [0.5, 0.6) is 0 Å².